The molecule has 7 heteroatoms. The highest BCUT2D eigenvalue weighted by atomic mass is 16.5. The Morgan fingerprint density at radius 2 is 1.94 bits per heavy atom. The maximum Gasteiger partial charge on any atom is 0.323 e. The van der Waals surface area contributed by atoms with Gasteiger partial charge in [0.15, 0.2) is 0 Å². The molecule has 0 aromatic heterocycles. The molecule has 0 aliphatic carbocycles. The third-order valence-electron chi connectivity index (χ3n) is 2.36. The van der Waals surface area contributed by atoms with E-state index in [4.69, 9.17) is 14.6 Å². The predicted octanol–water partition coefficient (Wildman–Crippen LogP) is 0.152. The van der Waals surface area contributed by atoms with Crippen molar-refractivity contribution in [1.82, 2.24) is 10.2 Å². The molecular weight excluding hydrogens is 240 g/mol. The van der Waals surface area contributed by atoms with E-state index in [-0.39, 0.29) is 25.2 Å². The number of carboxylic acid groups (broad SMARTS) is 1. The molecule has 0 radical (unpaired) electrons. The van der Waals surface area contributed by atoms with Crippen molar-refractivity contribution in [3.05, 3.63) is 0 Å². The minimum Gasteiger partial charge on any atom is -0.480 e. The van der Waals surface area contributed by atoms with Crippen LogP contribution in [0.4, 0.5) is 4.79 Å². The number of hydrogen-bond acceptors (Lipinski definition) is 4. The monoisotopic (exact) mass is 262 g/mol. The largest absolute Gasteiger partial charge is 0.480 e. The fraction of sp³-hybridized carbons (Fsp3) is 0.818. The first-order valence-electron chi connectivity index (χ1n) is 5.70. The fourth-order valence-corrected chi connectivity index (χ4v) is 1.33. The number of rotatable bonds is 8. The summed E-state index contributed by atoms with van der Waals surface area (Å²) in [6, 6.07) is -0.616. The Kier molecular flexibility index (Phi) is 8.06. The highest BCUT2D eigenvalue weighted by molar-refractivity contribution is 5.80. The molecule has 0 saturated heterocycles. The van der Waals surface area contributed by atoms with Gasteiger partial charge >= 0.3 is 12.0 Å². The summed E-state index contributed by atoms with van der Waals surface area (Å²) in [6.07, 6.45) is -0.252. The van der Waals surface area contributed by atoms with E-state index in [2.05, 4.69) is 5.32 Å². The lowest BCUT2D eigenvalue weighted by Gasteiger charge is -2.26. The highest BCUT2D eigenvalue weighted by Crippen LogP contribution is 1.99. The number of urea groups is 1. The molecule has 1 unspecified atom stereocenters. The molecular formula is C11H22N2O5. The van der Waals surface area contributed by atoms with E-state index in [0.717, 1.165) is 0 Å². The minimum absolute atomic E-state index is 0.190. The van der Waals surface area contributed by atoms with Crippen LogP contribution in [0.5, 0.6) is 0 Å². The average Bonchev–Trinajstić information content (AvgIpc) is 2.30. The van der Waals surface area contributed by atoms with Gasteiger partial charge in [0.2, 0.25) is 0 Å². The number of methoxy groups -OCH3 is 2. The molecule has 0 spiro atoms. The number of amides is 2. The third-order valence-corrected chi connectivity index (χ3v) is 2.36. The van der Waals surface area contributed by atoms with Crippen molar-refractivity contribution in [1.29, 1.82) is 0 Å². The number of ether oxygens (including phenoxy) is 2. The summed E-state index contributed by atoms with van der Waals surface area (Å²) in [6.45, 7) is 3.81. The second-order valence-corrected chi connectivity index (χ2v) is 4.11. The molecule has 106 valence electrons. The lowest BCUT2D eigenvalue weighted by molar-refractivity contribution is -0.138. The molecule has 0 aliphatic rings. The Morgan fingerprint density at radius 3 is 2.33 bits per heavy atom. The summed E-state index contributed by atoms with van der Waals surface area (Å²) in [5.41, 5.74) is 0. The van der Waals surface area contributed by atoms with Crippen molar-refractivity contribution in [3.8, 4) is 0 Å². The molecule has 0 aromatic carbocycles. The zero-order chi connectivity index (χ0) is 14.1. The second kappa shape index (κ2) is 8.71. The topological polar surface area (TPSA) is 88.1 Å². The van der Waals surface area contributed by atoms with Crippen molar-refractivity contribution in [2.75, 3.05) is 33.9 Å². The molecule has 0 bridgehead atoms. The summed E-state index contributed by atoms with van der Waals surface area (Å²) in [5.74, 6) is -1.04. The Balaban J connectivity index is 4.29. The lowest BCUT2D eigenvalue weighted by atomic mass is 10.3. The molecule has 2 N–H and O–H groups in total. The highest BCUT2D eigenvalue weighted by Gasteiger charge is 2.20. The molecule has 7 nitrogen and oxygen atoms in total. The van der Waals surface area contributed by atoms with E-state index in [9.17, 15) is 9.59 Å². The van der Waals surface area contributed by atoms with Crippen molar-refractivity contribution in [2.24, 2.45) is 0 Å². The average molecular weight is 262 g/mol. The van der Waals surface area contributed by atoms with Crippen molar-refractivity contribution < 1.29 is 24.2 Å². The van der Waals surface area contributed by atoms with Gasteiger partial charge in [-0.15, -0.1) is 0 Å². The van der Waals surface area contributed by atoms with Crippen LogP contribution in [0, 0.1) is 0 Å². The van der Waals surface area contributed by atoms with Crippen LogP contribution in [-0.4, -0.2) is 68.1 Å². The van der Waals surface area contributed by atoms with Gasteiger partial charge in [0.05, 0.1) is 12.7 Å². The molecule has 0 saturated carbocycles. The molecule has 1 atom stereocenters. The lowest BCUT2D eigenvalue weighted by Crippen LogP contribution is -2.48. The minimum atomic E-state index is -1.04. The molecule has 0 aliphatic heterocycles. The van der Waals surface area contributed by atoms with Crippen LogP contribution in [0.1, 0.15) is 13.8 Å². The Bertz CT molecular complexity index is 270. The molecule has 0 aromatic rings. The Morgan fingerprint density at radius 1 is 1.33 bits per heavy atom. The van der Waals surface area contributed by atoms with Crippen molar-refractivity contribution >= 4 is 12.0 Å². The zero-order valence-electron chi connectivity index (χ0n) is 11.3. The van der Waals surface area contributed by atoms with Crippen LogP contribution in [0.3, 0.4) is 0 Å². The van der Waals surface area contributed by atoms with Gasteiger partial charge in [-0.25, -0.2) is 4.79 Å². The third kappa shape index (κ3) is 6.41. The Hall–Kier alpha value is -1.34. The van der Waals surface area contributed by atoms with Crippen LogP contribution >= 0.6 is 0 Å². The zero-order valence-corrected chi connectivity index (χ0v) is 11.3. The van der Waals surface area contributed by atoms with Crippen LogP contribution in [0.15, 0.2) is 0 Å². The normalized spacial score (nSPS) is 12.3. The van der Waals surface area contributed by atoms with E-state index >= 15 is 0 Å². The van der Waals surface area contributed by atoms with Crippen LogP contribution < -0.4 is 5.32 Å². The van der Waals surface area contributed by atoms with E-state index in [1.807, 2.05) is 0 Å². The van der Waals surface area contributed by atoms with Gasteiger partial charge < -0.3 is 24.8 Å². The number of nitrogens with one attached hydrogen (secondary N) is 1. The van der Waals surface area contributed by atoms with Crippen LogP contribution in [-0.2, 0) is 14.3 Å². The summed E-state index contributed by atoms with van der Waals surface area (Å²) < 4.78 is 10.0. The van der Waals surface area contributed by atoms with Gasteiger partial charge in [0.25, 0.3) is 0 Å². The first kappa shape index (κ1) is 16.7. The van der Waals surface area contributed by atoms with E-state index < -0.39 is 12.0 Å². The first-order valence-corrected chi connectivity index (χ1v) is 5.70. The summed E-state index contributed by atoms with van der Waals surface area (Å²) in [7, 11) is 3.06. The first-order chi connectivity index (χ1) is 8.42. The molecule has 18 heavy (non-hydrogen) atoms. The SMILES string of the molecule is COCC(CNC(=O)N(CC(=O)O)C(C)C)OC. The van der Waals surface area contributed by atoms with Gasteiger partial charge in [-0.05, 0) is 13.8 Å². The van der Waals surface area contributed by atoms with Crippen molar-refractivity contribution in [3.63, 3.8) is 0 Å². The van der Waals surface area contributed by atoms with Gasteiger partial charge in [-0.2, -0.15) is 0 Å². The molecule has 2 amide bonds. The van der Waals surface area contributed by atoms with Crippen LogP contribution in [0.25, 0.3) is 0 Å². The van der Waals surface area contributed by atoms with Gasteiger partial charge in [-0.3, -0.25) is 4.79 Å². The standard InChI is InChI=1S/C11H22N2O5/c1-8(2)13(6-10(14)15)11(16)12-5-9(18-4)7-17-3/h8-9H,5-7H2,1-4H3,(H,12,16)(H,14,15). The molecule has 0 heterocycles. The summed E-state index contributed by atoms with van der Waals surface area (Å²) in [4.78, 5) is 23.7. The van der Waals surface area contributed by atoms with Crippen LogP contribution in [0.2, 0.25) is 0 Å². The smallest absolute Gasteiger partial charge is 0.323 e. The van der Waals surface area contributed by atoms with E-state index in [0.29, 0.717) is 6.61 Å². The number of aliphatic carboxylic acids is 1. The molecule has 0 fully saturated rings. The van der Waals surface area contributed by atoms with Gasteiger partial charge in [0, 0.05) is 26.8 Å². The van der Waals surface area contributed by atoms with Gasteiger partial charge in [0.1, 0.15) is 6.54 Å². The Labute approximate surface area is 107 Å². The summed E-state index contributed by atoms with van der Waals surface area (Å²) >= 11 is 0. The number of carboxylic acids is 1. The number of hydrogen-bond donors (Lipinski definition) is 2. The summed E-state index contributed by atoms with van der Waals surface area (Å²) in [5, 5.41) is 11.3. The van der Waals surface area contributed by atoms with Crippen molar-refractivity contribution in [2.45, 2.75) is 26.0 Å². The maximum absolute atomic E-state index is 11.8. The van der Waals surface area contributed by atoms with Gasteiger partial charge in [-0.1, -0.05) is 0 Å². The fourth-order valence-electron chi connectivity index (χ4n) is 1.33. The molecule has 0 rings (SSSR count). The second-order valence-electron chi connectivity index (χ2n) is 4.11. The number of carbonyl (C=O) groups is 2. The quantitative estimate of drug-likeness (QED) is 0.650. The number of carbonyl (C=O) groups excluding carboxylic acids is 1. The number of nitrogens with zero attached hydrogens (tertiary/aromatic N) is 1. The van der Waals surface area contributed by atoms with E-state index in [1.54, 1.807) is 21.0 Å². The maximum atomic E-state index is 11.8. The predicted molar refractivity (Wildman–Crippen MR) is 65.5 cm³/mol. The van der Waals surface area contributed by atoms with E-state index in [1.165, 1.54) is 12.0 Å².